The van der Waals surface area contributed by atoms with Gasteiger partial charge in [-0.25, -0.2) is 9.13 Å². The van der Waals surface area contributed by atoms with Gasteiger partial charge in [-0.2, -0.15) is 0 Å². The summed E-state index contributed by atoms with van der Waals surface area (Å²) in [5, 5.41) is 10.6. The van der Waals surface area contributed by atoms with Crippen molar-refractivity contribution in [1.29, 1.82) is 0 Å². The highest BCUT2D eigenvalue weighted by Crippen LogP contribution is 2.45. The SMILES string of the molecule is CCCCCCCCCCC(=O)OC[C@H](COP(=O)(O)OC[C@H](O)COP(=O)(O)OC[C@@H](COC(=O)CCCCCCCCCCC(C)CC)OC(=O)CCCCCCCCCCCCCCCCCCC(C)C)OC(=O)CCCCCCCCCCC(C)CC. The summed E-state index contributed by atoms with van der Waals surface area (Å²) in [6.07, 6.45) is 47.2. The van der Waals surface area contributed by atoms with Gasteiger partial charge in [0.15, 0.2) is 12.2 Å². The molecule has 0 saturated heterocycles. The van der Waals surface area contributed by atoms with E-state index < -0.39 is 97.5 Å². The molecule has 17 nitrogen and oxygen atoms in total. The summed E-state index contributed by atoms with van der Waals surface area (Å²) < 4.78 is 68.3. The molecule has 0 amide bonds. The zero-order chi connectivity index (χ0) is 67.3. The van der Waals surface area contributed by atoms with E-state index in [0.29, 0.717) is 25.7 Å². The van der Waals surface area contributed by atoms with Crippen LogP contribution in [-0.4, -0.2) is 96.7 Å². The molecule has 0 aliphatic heterocycles. The van der Waals surface area contributed by atoms with Gasteiger partial charge >= 0.3 is 39.5 Å². The lowest BCUT2D eigenvalue weighted by atomic mass is 9.99. The van der Waals surface area contributed by atoms with Crippen molar-refractivity contribution in [2.45, 2.75) is 381 Å². The van der Waals surface area contributed by atoms with Gasteiger partial charge in [0.25, 0.3) is 0 Å². The molecule has 0 rings (SSSR count). The number of rotatable bonds is 70. The van der Waals surface area contributed by atoms with Crippen molar-refractivity contribution in [3.05, 3.63) is 0 Å². The van der Waals surface area contributed by atoms with E-state index in [1.165, 1.54) is 167 Å². The van der Waals surface area contributed by atoms with Gasteiger partial charge in [-0.1, -0.05) is 312 Å². The maximum absolute atomic E-state index is 13.0. The maximum Gasteiger partial charge on any atom is 0.472 e. The first kappa shape index (κ1) is 89.1. The molecule has 0 heterocycles. The molecule has 91 heavy (non-hydrogen) atoms. The highest BCUT2D eigenvalue weighted by Gasteiger charge is 2.30. The van der Waals surface area contributed by atoms with Crippen LogP contribution in [0.5, 0.6) is 0 Å². The first-order valence-corrected chi connectivity index (χ1v) is 40.4. The molecule has 0 spiro atoms. The van der Waals surface area contributed by atoms with Crippen molar-refractivity contribution in [2.75, 3.05) is 39.6 Å². The topological polar surface area (TPSA) is 237 Å². The Morgan fingerprint density at radius 3 is 0.835 bits per heavy atom. The summed E-state index contributed by atoms with van der Waals surface area (Å²) >= 11 is 0. The minimum atomic E-state index is -4.95. The van der Waals surface area contributed by atoms with E-state index in [2.05, 4.69) is 48.5 Å². The second-order valence-electron chi connectivity index (χ2n) is 26.9. The fraction of sp³-hybridized carbons (Fsp3) is 0.944. The lowest BCUT2D eigenvalue weighted by molar-refractivity contribution is -0.161. The van der Waals surface area contributed by atoms with Crippen molar-refractivity contribution < 1.29 is 80.2 Å². The number of aliphatic hydroxyl groups excluding tert-OH is 1. The molecule has 4 unspecified atom stereocenters. The standard InChI is InChI=1S/C72H140O17P2/c1-8-11-12-13-14-32-39-46-53-69(74)82-59-67(89-72(77)56-49-42-35-28-26-31-38-45-52-65(7)10-3)61-86-90(78,79)84-57-66(73)58-85-91(80,81)87-62-68(60-83-70(75)54-47-40-33-27-25-30-37-44-51-64(6)9-2)88-71(76)55-48-41-34-24-22-20-18-16-15-17-19-21-23-29-36-43-50-63(4)5/h63-68,73H,8-62H2,1-7H3,(H,78,79)(H,80,81)/t64?,65?,66-,67+,68+/m0/s1. The van der Waals surface area contributed by atoms with Gasteiger partial charge in [-0.15, -0.1) is 0 Å². The fourth-order valence-electron chi connectivity index (χ4n) is 10.8. The third-order valence-corrected chi connectivity index (χ3v) is 19.3. The van der Waals surface area contributed by atoms with Gasteiger partial charge in [-0.3, -0.25) is 37.3 Å². The fourth-order valence-corrected chi connectivity index (χ4v) is 12.4. The zero-order valence-electron chi connectivity index (χ0n) is 59.3. The number of carbonyl (C=O) groups excluding carboxylic acids is 4. The maximum atomic E-state index is 13.0. The van der Waals surface area contributed by atoms with Crippen LogP contribution in [-0.2, 0) is 65.4 Å². The quantitative estimate of drug-likeness (QED) is 0.0222. The number of hydrogen-bond donors (Lipinski definition) is 3. The Morgan fingerprint density at radius 1 is 0.319 bits per heavy atom. The highest BCUT2D eigenvalue weighted by atomic mass is 31.2. The Labute approximate surface area is 556 Å². The van der Waals surface area contributed by atoms with Crippen LogP contribution in [0.4, 0.5) is 0 Å². The van der Waals surface area contributed by atoms with Gasteiger partial charge in [0.2, 0.25) is 0 Å². The molecule has 0 aromatic heterocycles. The normalized spacial score (nSPS) is 14.8. The molecule has 7 atom stereocenters. The Hall–Kier alpha value is -1.94. The van der Waals surface area contributed by atoms with Crippen LogP contribution in [0.1, 0.15) is 363 Å². The van der Waals surface area contributed by atoms with Gasteiger partial charge in [-0.05, 0) is 43.4 Å². The number of ether oxygens (including phenoxy) is 4. The Kier molecular flexibility index (Phi) is 61.5. The number of unbranched alkanes of at least 4 members (excludes halogenated alkanes) is 36. The van der Waals surface area contributed by atoms with E-state index in [9.17, 15) is 43.2 Å². The van der Waals surface area contributed by atoms with Crippen LogP contribution in [0.25, 0.3) is 0 Å². The van der Waals surface area contributed by atoms with E-state index >= 15 is 0 Å². The van der Waals surface area contributed by atoms with Crippen molar-refractivity contribution in [3.8, 4) is 0 Å². The molecule has 0 aliphatic carbocycles. The van der Waals surface area contributed by atoms with Gasteiger partial charge in [0.05, 0.1) is 26.4 Å². The summed E-state index contributed by atoms with van der Waals surface area (Å²) in [4.78, 5) is 72.5. The smallest absolute Gasteiger partial charge is 0.462 e. The second kappa shape index (κ2) is 62.8. The molecule has 0 aliphatic rings. The molecule has 0 aromatic carbocycles. The average molecular weight is 1340 g/mol. The number of carbonyl (C=O) groups is 4. The lowest BCUT2D eigenvalue weighted by Crippen LogP contribution is -2.30. The Bertz CT molecular complexity index is 1790. The number of hydrogen-bond acceptors (Lipinski definition) is 15. The molecule has 19 heteroatoms. The number of esters is 4. The molecule has 540 valence electrons. The van der Waals surface area contributed by atoms with Crippen molar-refractivity contribution >= 4 is 39.5 Å². The van der Waals surface area contributed by atoms with Crippen LogP contribution >= 0.6 is 15.6 Å². The lowest BCUT2D eigenvalue weighted by Gasteiger charge is -2.21. The van der Waals surface area contributed by atoms with Crippen LogP contribution in [0, 0.1) is 17.8 Å². The number of aliphatic hydroxyl groups is 1. The summed E-state index contributed by atoms with van der Waals surface area (Å²) in [6.45, 7) is 11.9. The zero-order valence-corrected chi connectivity index (χ0v) is 61.1. The summed E-state index contributed by atoms with van der Waals surface area (Å²) in [7, 11) is -9.90. The predicted octanol–water partition coefficient (Wildman–Crippen LogP) is 20.6. The van der Waals surface area contributed by atoms with Crippen LogP contribution < -0.4 is 0 Å². The summed E-state index contributed by atoms with van der Waals surface area (Å²) in [5.41, 5.74) is 0. The van der Waals surface area contributed by atoms with Crippen LogP contribution in [0.2, 0.25) is 0 Å². The first-order valence-electron chi connectivity index (χ1n) is 37.4. The van der Waals surface area contributed by atoms with Crippen LogP contribution in [0.15, 0.2) is 0 Å². The second-order valence-corrected chi connectivity index (χ2v) is 29.8. The summed E-state index contributed by atoms with van der Waals surface area (Å²) in [6, 6.07) is 0. The number of phosphoric acid groups is 2. The molecule has 3 N–H and O–H groups in total. The largest absolute Gasteiger partial charge is 0.472 e. The van der Waals surface area contributed by atoms with Crippen LogP contribution in [0.3, 0.4) is 0 Å². The predicted molar refractivity (Wildman–Crippen MR) is 368 cm³/mol. The van der Waals surface area contributed by atoms with E-state index in [4.69, 9.17) is 37.0 Å². The molecular weight excluding hydrogens is 1200 g/mol. The third-order valence-electron chi connectivity index (χ3n) is 17.4. The minimum Gasteiger partial charge on any atom is -0.462 e. The molecule has 0 radical (unpaired) electrons. The van der Waals surface area contributed by atoms with Crippen molar-refractivity contribution in [3.63, 3.8) is 0 Å². The molecule has 0 fully saturated rings. The monoisotopic (exact) mass is 1340 g/mol. The third kappa shape index (κ3) is 63.9. The first-order chi connectivity index (χ1) is 43.8. The van der Waals surface area contributed by atoms with Crippen molar-refractivity contribution in [1.82, 2.24) is 0 Å². The highest BCUT2D eigenvalue weighted by molar-refractivity contribution is 7.47. The van der Waals surface area contributed by atoms with E-state index in [0.717, 1.165) is 114 Å². The van der Waals surface area contributed by atoms with Gasteiger partial charge in [0.1, 0.15) is 19.3 Å². The van der Waals surface area contributed by atoms with E-state index in [1.807, 2.05) is 0 Å². The molecule has 0 aromatic rings. The molecule has 0 saturated carbocycles. The average Bonchev–Trinajstić information content (AvgIpc) is 2.67. The van der Waals surface area contributed by atoms with Crippen molar-refractivity contribution in [2.24, 2.45) is 17.8 Å². The van der Waals surface area contributed by atoms with E-state index in [-0.39, 0.29) is 25.7 Å². The van der Waals surface area contributed by atoms with Gasteiger partial charge < -0.3 is 33.8 Å². The Morgan fingerprint density at radius 2 is 0.560 bits per heavy atom. The molecular formula is C72H140O17P2. The van der Waals surface area contributed by atoms with E-state index in [1.54, 1.807) is 0 Å². The Balaban J connectivity index is 5.21. The number of phosphoric ester groups is 2. The minimum absolute atomic E-state index is 0.105. The van der Waals surface area contributed by atoms with Gasteiger partial charge in [0, 0.05) is 25.7 Å². The summed E-state index contributed by atoms with van der Waals surface area (Å²) in [5.74, 6) is 0.229. The molecule has 0 bridgehead atoms.